The Labute approximate surface area is 92.8 Å². The van der Waals surface area contributed by atoms with Crippen LogP contribution in [0.2, 0.25) is 0 Å². The van der Waals surface area contributed by atoms with Crippen LogP contribution in [0.25, 0.3) is 0 Å². The Morgan fingerprint density at radius 3 is 3.12 bits per heavy atom. The van der Waals surface area contributed by atoms with E-state index >= 15 is 0 Å². The van der Waals surface area contributed by atoms with Crippen molar-refractivity contribution in [3.8, 4) is 0 Å². The predicted molar refractivity (Wildman–Crippen MR) is 55.1 cm³/mol. The molecule has 0 aliphatic carbocycles. The summed E-state index contributed by atoms with van der Waals surface area (Å²) in [6.07, 6.45) is 0. The lowest BCUT2D eigenvalue weighted by atomic mass is 10.2. The maximum absolute atomic E-state index is 11.2. The molecule has 16 heavy (non-hydrogen) atoms. The van der Waals surface area contributed by atoms with E-state index in [0.717, 1.165) is 13.1 Å². The van der Waals surface area contributed by atoms with Gasteiger partial charge in [0.2, 0.25) is 5.91 Å². The summed E-state index contributed by atoms with van der Waals surface area (Å²) in [5, 5.41) is 14.9. The molecule has 1 aliphatic rings. The predicted octanol–water partition coefficient (Wildman–Crippen LogP) is -2.53. The molecule has 2 heterocycles. The van der Waals surface area contributed by atoms with E-state index in [1.807, 2.05) is 4.90 Å². The van der Waals surface area contributed by atoms with E-state index < -0.39 is 0 Å². The molecule has 1 aliphatic heterocycles. The Bertz CT molecular complexity index is 376. The Balaban J connectivity index is 2.03. The number of rotatable bonds is 3. The molecule has 1 atom stereocenters. The summed E-state index contributed by atoms with van der Waals surface area (Å²) in [6.45, 7) is 2.68. The first-order valence-electron chi connectivity index (χ1n) is 5.14. The van der Waals surface area contributed by atoms with Crippen LogP contribution in [0.15, 0.2) is 0 Å². The fourth-order valence-electron chi connectivity index (χ4n) is 1.78. The van der Waals surface area contributed by atoms with Gasteiger partial charge in [-0.15, -0.1) is 10.2 Å². The Hall–Kier alpha value is -1.54. The van der Waals surface area contributed by atoms with Crippen LogP contribution >= 0.6 is 0 Å². The summed E-state index contributed by atoms with van der Waals surface area (Å²) in [7, 11) is 1.71. The lowest BCUT2D eigenvalue weighted by molar-refractivity contribution is -0.124. The summed E-state index contributed by atoms with van der Waals surface area (Å²) in [6, 6.07) is -0.294. The monoisotopic (exact) mass is 225 g/mol. The molecule has 8 nitrogen and oxygen atoms in total. The minimum absolute atomic E-state index is 0.294. The second-order valence-corrected chi connectivity index (χ2v) is 3.79. The maximum atomic E-state index is 11.2. The molecule has 1 aromatic rings. The highest BCUT2D eigenvalue weighted by Gasteiger charge is 2.27. The third-order valence-electron chi connectivity index (χ3n) is 2.58. The number of carbonyl (C=O) groups is 1. The van der Waals surface area contributed by atoms with Gasteiger partial charge in [0.05, 0.1) is 13.6 Å². The van der Waals surface area contributed by atoms with Crippen LogP contribution in [0.3, 0.4) is 0 Å². The van der Waals surface area contributed by atoms with Crippen LogP contribution < -0.4 is 11.1 Å². The van der Waals surface area contributed by atoms with E-state index in [0.29, 0.717) is 18.9 Å². The lowest BCUT2D eigenvalue weighted by Gasteiger charge is -2.32. The molecule has 1 unspecified atom stereocenters. The first-order chi connectivity index (χ1) is 7.66. The first-order valence-corrected chi connectivity index (χ1v) is 5.14. The van der Waals surface area contributed by atoms with Gasteiger partial charge in [0.15, 0.2) is 5.82 Å². The number of nitrogens with two attached hydrogens (primary N) is 1. The van der Waals surface area contributed by atoms with Crippen molar-refractivity contribution in [2.45, 2.75) is 12.6 Å². The van der Waals surface area contributed by atoms with Crippen LogP contribution in [-0.2, 0) is 18.4 Å². The molecule has 0 radical (unpaired) electrons. The fraction of sp³-hybridized carbons (Fsp3) is 0.750. The standard InChI is InChI=1S/C8H15N7O/c1-14-12-7(11-13-14)5-15-3-2-10-4-6(15)8(9)16/h6,10H,2-5H2,1H3,(H2,9,16). The van der Waals surface area contributed by atoms with Crippen molar-refractivity contribution in [1.29, 1.82) is 0 Å². The quantitative estimate of drug-likeness (QED) is 0.588. The third-order valence-corrected chi connectivity index (χ3v) is 2.58. The molecule has 1 aromatic heterocycles. The van der Waals surface area contributed by atoms with E-state index in [9.17, 15) is 4.79 Å². The van der Waals surface area contributed by atoms with Gasteiger partial charge in [0, 0.05) is 19.6 Å². The average molecular weight is 225 g/mol. The number of primary amides is 1. The SMILES string of the molecule is Cn1nnc(CN2CCNCC2C(N)=O)n1. The van der Waals surface area contributed by atoms with Gasteiger partial charge in [-0.1, -0.05) is 0 Å². The van der Waals surface area contributed by atoms with Crippen LogP contribution in [0, 0.1) is 0 Å². The normalized spacial score (nSPS) is 22.2. The number of piperazine rings is 1. The van der Waals surface area contributed by atoms with E-state index in [2.05, 4.69) is 20.7 Å². The van der Waals surface area contributed by atoms with Gasteiger partial charge in [-0.3, -0.25) is 9.69 Å². The summed E-state index contributed by atoms with van der Waals surface area (Å²) >= 11 is 0. The fourth-order valence-corrected chi connectivity index (χ4v) is 1.78. The molecule has 2 rings (SSSR count). The topological polar surface area (TPSA) is 102 Å². The molecule has 0 bridgehead atoms. The van der Waals surface area contributed by atoms with E-state index in [4.69, 9.17) is 5.73 Å². The third kappa shape index (κ3) is 2.34. The van der Waals surface area contributed by atoms with Crippen LogP contribution in [0.5, 0.6) is 0 Å². The Kier molecular flexibility index (Phi) is 3.11. The summed E-state index contributed by atoms with van der Waals surface area (Å²) in [4.78, 5) is 14.6. The summed E-state index contributed by atoms with van der Waals surface area (Å²) in [5.74, 6) is 0.284. The highest BCUT2D eigenvalue weighted by atomic mass is 16.1. The zero-order valence-electron chi connectivity index (χ0n) is 9.13. The van der Waals surface area contributed by atoms with Crippen LogP contribution in [0.1, 0.15) is 5.82 Å². The second-order valence-electron chi connectivity index (χ2n) is 3.79. The van der Waals surface area contributed by atoms with Crippen LogP contribution in [0.4, 0.5) is 0 Å². The van der Waals surface area contributed by atoms with Gasteiger partial charge < -0.3 is 11.1 Å². The van der Waals surface area contributed by atoms with Gasteiger partial charge >= 0.3 is 0 Å². The van der Waals surface area contributed by atoms with Crippen molar-refractivity contribution < 1.29 is 4.79 Å². The van der Waals surface area contributed by atoms with Gasteiger partial charge in [0.25, 0.3) is 0 Å². The van der Waals surface area contributed by atoms with E-state index in [-0.39, 0.29) is 11.9 Å². The molecular formula is C8H15N7O. The minimum Gasteiger partial charge on any atom is -0.368 e. The lowest BCUT2D eigenvalue weighted by Crippen LogP contribution is -2.56. The molecule has 88 valence electrons. The zero-order chi connectivity index (χ0) is 11.5. The maximum Gasteiger partial charge on any atom is 0.236 e. The molecule has 0 spiro atoms. The van der Waals surface area contributed by atoms with Gasteiger partial charge in [-0.2, -0.15) is 4.80 Å². The molecule has 1 amide bonds. The zero-order valence-corrected chi connectivity index (χ0v) is 9.13. The van der Waals surface area contributed by atoms with E-state index in [1.165, 1.54) is 4.80 Å². The number of nitrogens with zero attached hydrogens (tertiary/aromatic N) is 5. The largest absolute Gasteiger partial charge is 0.368 e. The minimum atomic E-state index is -0.323. The molecule has 1 saturated heterocycles. The molecule has 0 aromatic carbocycles. The van der Waals surface area contributed by atoms with Crippen molar-refractivity contribution >= 4 is 5.91 Å². The van der Waals surface area contributed by atoms with Gasteiger partial charge in [-0.25, -0.2) is 0 Å². The second kappa shape index (κ2) is 4.54. The smallest absolute Gasteiger partial charge is 0.236 e. The number of aryl methyl sites for hydroxylation is 1. The number of hydrogen-bond acceptors (Lipinski definition) is 6. The van der Waals surface area contributed by atoms with Gasteiger partial charge in [0.1, 0.15) is 6.04 Å². The molecule has 0 saturated carbocycles. The number of tetrazole rings is 1. The van der Waals surface area contributed by atoms with Crippen LogP contribution in [-0.4, -0.2) is 56.7 Å². The van der Waals surface area contributed by atoms with E-state index in [1.54, 1.807) is 7.05 Å². The Morgan fingerprint density at radius 1 is 1.69 bits per heavy atom. The summed E-state index contributed by atoms with van der Waals surface area (Å²) in [5.41, 5.74) is 5.33. The van der Waals surface area contributed by atoms with Crippen molar-refractivity contribution in [2.24, 2.45) is 12.8 Å². The molecular weight excluding hydrogens is 210 g/mol. The average Bonchev–Trinajstić information content (AvgIpc) is 2.64. The number of nitrogens with one attached hydrogen (secondary N) is 1. The van der Waals surface area contributed by atoms with Crippen molar-refractivity contribution in [3.05, 3.63) is 5.82 Å². The van der Waals surface area contributed by atoms with Crippen molar-refractivity contribution in [3.63, 3.8) is 0 Å². The Morgan fingerprint density at radius 2 is 2.50 bits per heavy atom. The first kappa shape index (κ1) is 11.0. The highest BCUT2D eigenvalue weighted by Crippen LogP contribution is 2.06. The number of amides is 1. The molecule has 1 fully saturated rings. The number of aromatic nitrogens is 4. The number of carbonyl (C=O) groups excluding carboxylic acids is 1. The van der Waals surface area contributed by atoms with Crippen molar-refractivity contribution in [1.82, 2.24) is 30.4 Å². The number of hydrogen-bond donors (Lipinski definition) is 2. The summed E-state index contributed by atoms with van der Waals surface area (Å²) < 4.78 is 0. The molecule has 8 heteroatoms. The highest BCUT2D eigenvalue weighted by molar-refractivity contribution is 5.80. The van der Waals surface area contributed by atoms with Gasteiger partial charge in [-0.05, 0) is 5.21 Å². The molecule has 3 N–H and O–H groups in total. The van der Waals surface area contributed by atoms with Crippen molar-refractivity contribution in [2.75, 3.05) is 19.6 Å².